The van der Waals surface area contributed by atoms with Gasteiger partial charge in [-0.25, -0.2) is 4.79 Å². The normalized spacial score (nSPS) is 16.4. The molecule has 2 nitrogen and oxygen atoms in total. The largest absolute Gasteiger partial charge is 0.422 e. The Hall–Kier alpha value is -2.09. The second kappa shape index (κ2) is 3.45. The van der Waals surface area contributed by atoms with Crippen molar-refractivity contribution in [2.75, 3.05) is 0 Å². The van der Waals surface area contributed by atoms with Crippen LogP contribution in [0.1, 0.15) is 18.1 Å². The van der Waals surface area contributed by atoms with Crippen LogP contribution in [0.5, 0.6) is 5.75 Å². The highest BCUT2D eigenvalue weighted by molar-refractivity contribution is 6.23. The Morgan fingerprint density at radius 1 is 1.18 bits per heavy atom. The molecule has 0 atom stereocenters. The molecule has 0 unspecified atom stereocenters. The fourth-order valence-electron chi connectivity index (χ4n) is 2.27. The standard InChI is InChI=1S/C15H12O2/c1-3-11-13-7-5-10-8-9(2)4-6-12(10)14(13)17-15(11)16/h3-8H,1-2H3. The van der Waals surface area contributed by atoms with Gasteiger partial charge < -0.3 is 4.74 Å². The van der Waals surface area contributed by atoms with Gasteiger partial charge in [-0.1, -0.05) is 35.9 Å². The summed E-state index contributed by atoms with van der Waals surface area (Å²) in [5.74, 6) is 0.441. The first-order valence-corrected chi connectivity index (χ1v) is 5.63. The van der Waals surface area contributed by atoms with Crippen molar-refractivity contribution in [1.82, 2.24) is 0 Å². The number of hydrogen-bond donors (Lipinski definition) is 0. The highest BCUT2D eigenvalue weighted by atomic mass is 16.5. The third-order valence-electron chi connectivity index (χ3n) is 3.12. The number of carbonyl (C=O) groups is 1. The van der Waals surface area contributed by atoms with Gasteiger partial charge in [-0.3, -0.25) is 0 Å². The van der Waals surface area contributed by atoms with E-state index in [0.717, 1.165) is 16.3 Å². The summed E-state index contributed by atoms with van der Waals surface area (Å²) in [6, 6.07) is 10.1. The maximum atomic E-state index is 11.7. The number of carbonyl (C=O) groups excluding carboxylic acids is 1. The molecule has 2 heteroatoms. The van der Waals surface area contributed by atoms with E-state index >= 15 is 0 Å². The van der Waals surface area contributed by atoms with Gasteiger partial charge in [0.25, 0.3) is 0 Å². The lowest BCUT2D eigenvalue weighted by Crippen LogP contribution is -2.00. The Bertz CT molecular complexity index is 666. The van der Waals surface area contributed by atoms with Crippen molar-refractivity contribution in [3.63, 3.8) is 0 Å². The quantitative estimate of drug-likeness (QED) is 0.389. The number of ether oxygens (including phenoxy) is 1. The molecular weight excluding hydrogens is 212 g/mol. The highest BCUT2D eigenvalue weighted by Gasteiger charge is 2.27. The number of esters is 1. The van der Waals surface area contributed by atoms with Crippen LogP contribution >= 0.6 is 0 Å². The Balaban J connectivity index is 2.37. The molecule has 0 bridgehead atoms. The molecular formula is C15H12O2. The van der Waals surface area contributed by atoms with E-state index in [1.807, 2.05) is 31.2 Å². The average molecular weight is 224 g/mol. The summed E-state index contributed by atoms with van der Waals surface area (Å²) >= 11 is 0. The third kappa shape index (κ3) is 1.37. The fourth-order valence-corrected chi connectivity index (χ4v) is 2.27. The van der Waals surface area contributed by atoms with Crippen LogP contribution in [-0.4, -0.2) is 5.97 Å². The second-order valence-corrected chi connectivity index (χ2v) is 4.26. The number of hydrogen-bond acceptors (Lipinski definition) is 2. The lowest BCUT2D eigenvalue weighted by atomic mass is 10.0. The topological polar surface area (TPSA) is 26.3 Å². The third-order valence-corrected chi connectivity index (χ3v) is 3.12. The Kier molecular flexibility index (Phi) is 2.05. The van der Waals surface area contributed by atoms with E-state index in [2.05, 4.69) is 13.0 Å². The SMILES string of the molecule is CC=C1C(=O)Oc2c1ccc1cc(C)ccc21. The van der Waals surface area contributed by atoms with Crippen LogP contribution in [0.15, 0.2) is 36.4 Å². The summed E-state index contributed by atoms with van der Waals surface area (Å²) < 4.78 is 5.36. The van der Waals surface area contributed by atoms with Crippen LogP contribution in [-0.2, 0) is 4.79 Å². The molecule has 17 heavy (non-hydrogen) atoms. The van der Waals surface area contributed by atoms with E-state index < -0.39 is 0 Å². The van der Waals surface area contributed by atoms with Crippen molar-refractivity contribution >= 4 is 22.3 Å². The molecule has 0 saturated heterocycles. The van der Waals surface area contributed by atoms with Gasteiger partial charge in [-0.2, -0.15) is 0 Å². The van der Waals surface area contributed by atoms with Crippen LogP contribution in [0.3, 0.4) is 0 Å². The molecule has 0 aromatic heterocycles. The predicted octanol–water partition coefficient (Wildman–Crippen LogP) is 3.47. The number of benzene rings is 2. The van der Waals surface area contributed by atoms with Gasteiger partial charge in [0.15, 0.2) is 0 Å². The van der Waals surface area contributed by atoms with Crippen molar-refractivity contribution in [3.8, 4) is 5.75 Å². The van der Waals surface area contributed by atoms with E-state index in [9.17, 15) is 4.79 Å². The van der Waals surface area contributed by atoms with E-state index in [1.54, 1.807) is 6.08 Å². The summed E-state index contributed by atoms with van der Waals surface area (Å²) in [5.41, 5.74) is 2.75. The molecule has 1 aliphatic heterocycles. The Morgan fingerprint density at radius 2 is 2.00 bits per heavy atom. The predicted molar refractivity (Wildman–Crippen MR) is 68.0 cm³/mol. The van der Waals surface area contributed by atoms with Gasteiger partial charge in [0.1, 0.15) is 5.75 Å². The fraction of sp³-hybridized carbons (Fsp3) is 0.133. The zero-order valence-electron chi connectivity index (χ0n) is 9.78. The van der Waals surface area contributed by atoms with Crippen LogP contribution in [0.25, 0.3) is 16.3 Å². The number of allylic oxidation sites excluding steroid dienone is 1. The first-order valence-electron chi connectivity index (χ1n) is 5.63. The highest BCUT2D eigenvalue weighted by Crippen LogP contribution is 2.40. The van der Waals surface area contributed by atoms with Crippen molar-refractivity contribution < 1.29 is 9.53 Å². The minimum atomic E-state index is -0.254. The minimum Gasteiger partial charge on any atom is -0.422 e. The van der Waals surface area contributed by atoms with E-state index in [-0.39, 0.29) is 5.97 Å². The molecule has 1 heterocycles. The molecule has 1 aliphatic rings. The smallest absolute Gasteiger partial charge is 0.343 e. The summed E-state index contributed by atoms with van der Waals surface area (Å²) in [4.78, 5) is 11.7. The van der Waals surface area contributed by atoms with Crippen molar-refractivity contribution in [3.05, 3.63) is 47.5 Å². The maximum absolute atomic E-state index is 11.7. The first kappa shape index (κ1) is 10.1. The van der Waals surface area contributed by atoms with Gasteiger partial charge >= 0.3 is 5.97 Å². The van der Waals surface area contributed by atoms with Gasteiger partial charge in [0.2, 0.25) is 0 Å². The summed E-state index contributed by atoms with van der Waals surface area (Å²) in [6.45, 7) is 3.90. The van der Waals surface area contributed by atoms with Crippen LogP contribution in [0.4, 0.5) is 0 Å². The monoisotopic (exact) mass is 224 g/mol. The number of fused-ring (bicyclic) bond motifs is 3. The molecule has 0 spiro atoms. The number of aryl methyl sites for hydroxylation is 1. The molecule has 0 amide bonds. The minimum absolute atomic E-state index is 0.254. The molecule has 0 aliphatic carbocycles. The zero-order valence-corrected chi connectivity index (χ0v) is 9.78. The molecule has 84 valence electrons. The van der Waals surface area contributed by atoms with Gasteiger partial charge in [-0.15, -0.1) is 0 Å². The number of rotatable bonds is 0. The van der Waals surface area contributed by atoms with Crippen LogP contribution in [0, 0.1) is 6.92 Å². The Labute approximate surface area is 99.5 Å². The zero-order chi connectivity index (χ0) is 12.0. The molecule has 3 rings (SSSR count). The van der Waals surface area contributed by atoms with E-state index in [0.29, 0.717) is 11.3 Å². The lowest BCUT2D eigenvalue weighted by molar-refractivity contribution is -0.126. The molecule has 2 aromatic carbocycles. The van der Waals surface area contributed by atoms with Gasteiger partial charge in [0.05, 0.1) is 5.57 Å². The van der Waals surface area contributed by atoms with E-state index in [4.69, 9.17) is 4.74 Å². The summed E-state index contributed by atoms with van der Waals surface area (Å²) in [6.07, 6.45) is 1.80. The lowest BCUT2D eigenvalue weighted by Gasteiger charge is -2.04. The van der Waals surface area contributed by atoms with Gasteiger partial charge in [-0.05, 0) is 25.3 Å². The maximum Gasteiger partial charge on any atom is 0.343 e. The summed E-state index contributed by atoms with van der Waals surface area (Å²) in [7, 11) is 0. The second-order valence-electron chi connectivity index (χ2n) is 4.26. The first-order chi connectivity index (χ1) is 8.20. The average Bonchev–Trinajstić information content (AvgIpc) is 2.64. The molecule has 2 aromatic rings. The molecule has 0 fully saturated rings. The van der Waals surface area contributed by atoms with Crippen molar-refractivity contribution in [2.24, 2.45) is 0 Å². The van der Waals surface area contributed by atoms with Crippen LogP contribution < -0.4 is 4.74 Å². The molecule has 0 radical (unpaired) electrons. The van der Waals surface area contributed by atoms with Crippen molar-refractivity contribution in [2.45, 2.75) is 13.8 Å². The molecule has 0 saturated carbocycles. The Morgan fingerprint density at radius 3 is 2.76 bits per heavy atom. The van der Waals surface area contributed by atoms with Crippen molar-refractivity contribution in [1.29, 1.82) is 0 Å². The van der Waals surface area contributed by atoms with Crippen LogP contribution in [0.2, 0.25) is 0 Å². The summed E-state index contributed by atoms with van der Waals surface area (Å²) in [5, 5.41) is 2.10. The van der Waals surface area contributed by atoms with Gasteiger partial charge in [0, 0.05) is 10.9 Å². The molecule has 0 N–H and O–H groups in total. The van der Waals surface area contributed by atoms with E-state index in [1.165, 1.54) is 5.56 Å².